The molecular weight excluding hydrogens is 270 g/mol. The van der Waals surface area contributed by atoms with E-state index in [1.165, 1.54) is 13.5 Å². The van der Waals surface area contributed by atoms with Gasteiger partial charge < -0.3 is 25.4 Å². The van der Waals surface area contributed by atoms with Gasteiger partial charge in [0.2, 0.25) is 0 Å². The molecule has 1 heterocycles. The van der Waals surface area contributed by atoms with Crippen molar-refractivity contribution in [1.82, 2.24) is 10.2 Å². The number of likely N-dealkylation sites (tertiary alicyclic amines) is 1. The first-order chi connectivity index (χ1) is 10.1. The third-order valence-corrected chi connectivity index (χ3v) is 3.99. The van der Waals surface area contributed by atoms with Crippen LogP contribution in [0.2, 0.25) is 0 Å². The van der Waals surface area contributed by atoms with Crippen LogP contribution in [-0.4, -0.2) is 51.2 Å². The lowest BCUT2D eigenvalue weighted by Gasteiger charge is -2.20. The second kappa shape index (κ2) is 6.67. The molecule has 0 aliphatic carbocycles. The van der Waals surface area contributed by atoms with Gasteiger partial charge in [-0.3, -0.25) is 4.79 Å². The standard InChI is InChI=1S/C15H23N3O3/c1-18-6-4-5-10(18)9-17-15(19)12-7-11(20-2)8-13(21-3)14(12)16/h7-8,10H,4-6,9,16H2,1-3H3,(H,17,19). The van der Waals surface area contributed by atoms with Gasteiger partial charge in [-0.05, 0) is 32.5 Å². The average Bonchev–Trinajstić information content (AvgIpc) is 2.90. The Morgan fingerprint density at radius 2 is 2.19 bits per heavy atom. The Kier molecular flexibility index (Phi) is 4.90. The van der Waals surface area contributed by atoms with E-state index < -0.39 is 0 Å². The Morgan fingerprint density at radius 1 is 1.43 bits per heavy atom. The molecule has 1 fully saturated rings. The van der Waals surface area contributed by atoms with E-state index in [0.29, 0.717) is 35.3 Å². The van der Waals surface area contributed by atoms with Crippen molar-refractivity contribution in [3.63, 3.8) is 0 Å². The number of anilines is 1. The van der Waals surface area contributed by atoms with Gasteiger partial charge in [0.15, 0.2) is 0 Å². The molecule has 0 spiro atoms. The number of methoxy groups -OCH3 is 2. The Hall–Kier alpha value is -1.95. The smallest absolute Gasteiger partial charge is 0.253 e. The zero-order valence-corrected chi connectivity index (χ0v) is 12.8. The van der Waals surface area contributed by atoms with Crippen LogP contribution in [0.5, 0.6) is 11.5 Å². The Labute approximate surface area is 125 Å². The number of rotatable bonds is 5. The SMILES string of the molecule is COc1cc(OC)c(N)c(C(=O)NCC2CCCN2C)c1. The molecule has 1 aliphatic rings. The van der Waals surface area contributed by atoms with Gasteiger partial charge in [0.1, 0.15) is 11.5 Å². The van der Waals surface area contributed by atoms with Crippen molar-refractivity contribution in [2.75, 3.05) is 40.1 Å². The fraction of sp³-hybridized carbons (Fsp3) is 0.533. The molecule has 3 N–H and O–H groups in total. The zero-order valence-electron chi connectivity index (χ0n) is 12.8. The van der Waals surface area contributed by atoms with Crippen molar-refractivity contribution in [3.8, 4) is 11.5 Å². The number of hydrogen-bond acceptors (Lipinski definition) is 5. The minimum atomic E-state index is -0.204. The molecular formula is C15H23N3O3. The normalized spacial score (nSPS) is 18.5. The first kappa shape index (κ1) is 15.4. The summed E-state index contributed by atoms with van der Waals surface area (Å²) in [6, 6.07) is 3.69. The number of likely N-dealkylation sites (N-methyl/N-ethyl adjacent to an activating group) is 1. The lowest BCUT2D eigenvalue weighted by Crippen LogP contribution is -2.38. The third-order valence-electron chi connectivity index (χ3n) is 3.99. The van der Waals surface area contributed by atoms with Gasteiger partial charge in [0.25, 0.3) is 5.91 Å². The number of nitrogens with two attached hydrogens (primary N) is 1. The number of carbonyl (C=O) groups is 1. The van der Waals surface area contributed by atoms with E-state index in [9.17, 15) is 4.79 Å². The molecule has 1 atom stereocenters. The van der Waals surface area contributed by atoms with E-state index in [2.05, 4.69) is 17.3 Å². The minimum Gasteiger partial charge on any atom is -0.497 e. The van der Waals surface area contributed by atoms with Gasteiger partial charge in [0.05, 0.1) is 25.5 Å². The highest BCUT2D eigenvalue weighted by Gasteiger charge is 2.22. The van der Waals surface area contributed by atoms with Gasteiger partial charge in [-0.15, -0.1) is 0 Å². The molecule has 1 aliphatic heterocycles. The number of nitrogen functional groups attached to an aromatic ring is 1. The minimum absolute atomic E-state index is 0.204. The van der Waals surface area contributed by atoms with Gasteiger partial charge in [-0.2, -0.15) is 0 Å². The molecule has 116 valence electrons. The highest BCUT2D eigenvalue weighted by molar-refractivity contribution is 6.01. The third kappa shape index (κ3) is 3.39. The molecule has 1 saturated heterocycles. The first-order valence-corrected chi connectivity index (χ1v) is 7.06. The number of amides is 1. The largest absolute Gasteiger partial charge is 0.497 e. The highest BCUT2D eigenvalue weighted by atomic mass is 16.5. The fourth-order valence-corrected chi connectivity index (χ4v) is 2.62. The van der Waals surface area contributed by atoms with Crippen molar-refractivity contribution in [3.05, 3.63) is 17.7 Å². The second-order valence-corrected chi connectivity index (χ2v) is 5.28. The summed E-state index contributed by atoms with van der Waals surface area (Å²) < 4.78 is 10.4. The van der Waals surface area contributed by atoms with Crippen LogP contribution >= 0.6 is 0 Å². The molecule has 0 aromatic heterocycles. The molecule has 2 rings (SSSR count). The van der Waals surface area contributed by atoms with E-state index >= 15 is 0 Å². The van der Waals surface area contributed by atoms with Crippen LogP contribution < -0.4 is 20.5 Å². The van der Waals surface area contributed by atoms with Gasteiger partial charge in [0, 0.05) is 18.7 Å². The Morgan fingerprint density at radius 3 is 2.76 bits per heavy atom. The predicted molar refractivity (Wildman–Crippen MR) is 81.9 cm³/mol. The maximum atomic E-state index is 12.3. The van der Waals surface area contributed by atoms with Crippen molar-refractivity contribution in [1.29, 1.82) is 0 Å². The molecule has 0 bridgehead atoms. The summed E-state index contributed by atoms with van der Waals surface area (Å²) in [5, 5.41) is 2.94. The summed E-state index contributed by atoms with van der Waals surface area (Å²) in [7, 11) is 5.13. The van der Waals surface area contributed by atoms with Gasteiger partial charge in [-0.25, -0.2) is 0 Å². The van der Waals surface area contributed by atoms with E-state index in [1.807, 2.05) is 0 Å². The number of carbonyl (C=O) groups excluding carboxylic acids is 1. The molecule has 1 aromatic rings. The van der Waals surface area contributed by atoms with Crippen molar-refractivity contribution in [2.24, 2.45) is 0 Å². The summed E-state index contributed by atoms with van der Waals surface area (Å²) in [6.45, 7) is 1.70. The molecule has 6 heteroatoms. The number of nitrogens with zero attached hydrogens (tertiary/aromatic N) is 1. The quantitative estimate of drug-likeness (QED) is 0.795. The van der Waals surface area contributed by atoms with Crippen molar-refractivity contribution in [2.45, 2.75) is 18.9 Å². The van der Waals surface area contributed by atoms with Gasteiger partial charge in [-0.1, -0.05) is 0 Å². The first-order valence-electron chi connectivity index (χ1n) is 7.06. The monoisotopic (exact) mass is 293 g/mol. The fourth-order valence-electron chi connectivity index (χ4n) is 2.62. The Balaban J connectivity index is 2.11. The Bertz CT molecular complexity index is 519. The van der Waals surface area contributed by atoms with Crippen LogP contribution in [0.3, 0.4) is 0 Å². The summed E-state index contributed by atoms with van der Waals surface area (Å²) in [6.07, 6.45) is 2.28. The second-order valence-electron chi connectivity index (χ2n) is 5.28. The van der Waals surface area contributed by atoms with Crippen LogP contribution in [0, 0.1) is 0 Å². The summed E-state index contributed by atoms with van der Waals surface area (Å²) >= 11 is 0. The van der Waals surface area contributed by atoms with Crippen LogP contribution in [0.4, 0.5) is 5.69 Å². The van der Waals surface area contributed by atoms with Crippen LogP contribution in [-0.2, 0) is 0 Å². The molecule has 6 nitrogen and oxygen atoms in total. The number of hydrogen-bond donors (Lipinski definition) is 2. The number of nitrogens with one attached hydrogen (secondary N) is 1. The molecule has 0 saturated carbocycles. The van der Waals surface area contributed by atoms with E-state index in [0.717, 1.165) is 13.0 Å². The summed E-state index contributed by atoms with van der Waals surface area (Å²) in [5.41, 5.74) is 6.69. The predicted octanol–water partition coefficient (Wildman–Crippen LogP) is 1.11. The lowest BCUT2D eigenvalue weighted by atomic mass is 10.1. The topological polar surface area (TPSA) is 76.8 Å². The van der Waals surface area contributed by atoms with E-state index in [4.69, 9.17) is 15.2 Å². The molecule has 1 amide bonds. The van der Waals surface area contributed by atoms with Crippen LogP contribution in [0.1, 0.15) is 23.2 Å². The number of ether oxygens (including phenoxy) is 2. The summed E-state index contributed by atoms with van der Waals surface area (Å²) in [4.78, 5) is 14.6. The number of benzene rings is 1. The van der Waals surface area contributed by atoms with Crippen LogP contribution in [0.15, 0.2) is 12.1 Å². The molecule has 1 unspecified atom stereocenters. The van der Waals surface area contributed by atoms with Gasteiger partial charge >= 0.3 is 0 Å². The zero-order chi connectivity index (χ0) is 15.4. The lowest BCUT2D eigenvalue weighted by molar-refractivity contribution is 0.0944. The van der Waals surface area contributed by atoms with Crippen molar-refractivity contribution >= 4 is 11.6 Å². The van der Waals surface area contributed by atoms with E-state index in [-0.39, 0.29) is 5.91 Å². The maximum absolute atomic E-state index is 12.3. The molecule has 1 aromatic carbocycles. The highest BCUT2D eigenvalue weighted by Crippen LogP contribution is 2.31. The van der Waals surface area contributed by atoms with Crippen LogP contribution in [0.25, 0.3) is 0 Å². The average molecular weight is 293 g/mol. The summed E-state index contributed by atoms with van der Waals surface area (Å²) in [5.74, 6) is 0.784. The maximum Gasteiger partial charge on any atom is 0.253 e. The van der Waals surface area contributed by atoms with E-state index in [1.54, 1.807) is 19.2 Å². The van der Waals surface area contributed by atoms with Crippen molar-refractivity contribution < 1.29 is 14.3 Å². The molecule has 0 radical (unpaired) electrons. The molecule has 21 heavy (non-hydrogen) atoms.